The maximum atomic E-state index is 12.6. The summed E-state index contributed by atoms with van der Waals surface area (Å²) >= 11 is 5.67. The van der Waals surface area contributed by atoms with E-state index in [0.717, 1.165) is 0 Å². The number of furan rings is 1. The lowest BCUT2D eigenvalue weighted by Gasteiger charge is -2.25. The summed E-state index contributed by atoms with van der Waals surface area (Å²) in [4.78, 5) is 0.174. The number of halogens is 1. The van der Waals surface area contributed by atoms with Gasteiger partial charge in [-0.3, -0.25) is 0 Å². The highest BCUT2D eigenvalue weighted by atomic mass is 35.5. The van der Waals surface area contributed by atoms with Gasteiger partial charge in [0, 0.05) is 25.8 Å². The van der Waals surface area contributed by atoms with Gasteiger partial charge in [0.25, 0.3) is 0 Å². The molecule has 1 aromatic heterocycles. The molecule has 0 amide bonds. The average Bonchev–Trinajstić information content (AvgIpc) is 2.71. The van der Waals surface area contributed by atoms with E-state index in [4.69, 9.17) is 20.8 Å². The molecule has 1 heterocycles. The van der Waals surface area contributed by atoms with Gasteiger partial charge in [-0.25, -0.2) is 8.42 Å². The van der Waals surface area contributed by atoms with Crippen molar-refractivity contribution in [3.8, 4) is 0 Å². The van der Waals surface area contributed by atoms with Gasteiger partial charge in [0.05, 0.1) is 12.5 Å². The van der Waals surface area contributed by atoms with Gasteiger partial charge in [-0.05, 0) is 20.8 Å². The van der Waals surface area contributed by atoms with Crippen molar-refractivity contribution in [2.75, 3.05) is 20.3 Å². The summed E-state index contributed by atoms with van der Waals surface area (Å²) in [6.45, 7) is 5.92. The summed E-state index contributed by atoms with van der Waals surface area (Å²) in [6.07, 6.45) is 0. The Morgan fingerprint density at radius 1 is 1.47 bits per heavy atom. The van der Waals surface area contributed by atoms with Crippen LogP contribution in [-0.4, -0.2) is 39.0 Å². The molecule has 0 spiro atoms. The number of sulfonamides is 1. The molecule has 0 unspecified atom stereocenters. The molecule has 7 heteroatoms. The number of hydrogen-bond acceptors (Lipinski definition) is 4. The summed E-state index contributed by atoms with van der Waals surface area (Å²) < 4.78 is 36.9. The van der Waals surface area contributed by atoms with Crippen LogP contribution in [-0.2, 0) is 20.6 Å². The molecule has 1 rings (SSSR count). The lowest BCUT2D eigenvalue weighted by atomic mass is 10.4. The van der Waals surface area contributed by atoms with Crippen molar-refractivity contribution in [2.24, 2.45) is 0 Å². The molecule has 0 fully saturated rings. The van der Waals surface area contributed by atoms with Crippen LogP contribution in [0, 0.1) is 6.92 Å². The zero-order valence-electron chi connectivity index (χ0n) is 11.6. The minimum Gasteiger partial charge on any atom is -0.464 e. The lowest BCUT2D eigenvalue weighted by Crippen LogP contribution is -2.39. The summed E-state index contributed by atoms with van der Waals surface area (Å²) in [7, 11) is -2.05. The number of ether oxygens (including phenoxy) is 1. The molecule has 0 saturated heterocycles. The fraction of sp³-hybridized carbons (Fsp3) is 0.667. The quantitative estimate of drug-likeness (QED) is 0.726. The molecule has 110 valence electrons. The molecule has 0 N–H and O–H groups in total. The van der Waals surface area contributed by atoms with Gasteiger partial charge in [-0.2, -0.15) is 4.31 Å². The van der Waals surface area contributed by atoms with Crippen LogP contribution in [0.1, 0.15) is 25.4 Å². The van der Waals surface area contributed by atoms with Crippen LogP contribution in [0.2, 0.25) is 0 Å². The van der Waals surface area contributed by atoms with Crippen molar-refractivity contribution in [1.82, 2.24) is 4.31 Å². The number of methoxy groups -OCH3 is 1. The molecule has 0 saturated carbocycles. The second kappa shape index (κ2) is 6.74. The summed E-state index contributed by atoms with van der Waals surface area (Å²) in [5, 5.41) is 0. The summed E-state index contributed by atoms with van der Waals surface area (Å²) in [5.41, 5.74) is 0. The minimum absolute atomic E-state index is 0.149. The second-order valence-corrected chi connectivity index (χ2v) is 6.60. The van der Waals surface area contributed by atoms with Crippen molar-refractivity contribution >= 4 is 21.6 Å². The first-order chi connectivity index (χ1) is 8.84. The smallest absolute Gasteiger partial charge is 0.246 e. The number of rotatable bonds is 7. The van der Waals surface area contributed by atoms with E-state index in [9.17, 15) is 8.42 Å². The molecule has 0 aliphatic carbocycles. The van der Waals surface area contributed by atoms with Crippen LogP contribution in [0.25, 0.3) is 0 Å². The predicted molar refractivity (Wildman–Crippen MR) is 73.9 cm³/mol. The molecule has 0 aliphatic heterocycles. The summed E-state index contributed by atoms with van der Waals surface area (Å²) in [6, 6.07) is 1.33. The van der Waals surface area contributed by atoms with Crippen molar-refractivity contribution in [3.05, 3.63) is 17.6 Å². The monoisotopic (exact) mass is 309 g/mol. The highest BCUT2D eigenvalue weighted by molar-refractivity contribution is 7.89. The van der Waals surface area contributed by atoms with Crippen molar-refractivity contribution in [3.63, 3.8) is 0 Å². The normalized spacial score (nSPS) is 12.6. The van der Waals surface area contributed by atoms with E-state index in [2.05, 4.69) is 0 Å². The van der Waals surface area contributed by atoms with Crippen LogP contribution in [0.3, 0.4) is 0 Å². The Balaban J connectivity index is 3.14. The SMILES string of the molecule is COCCN(C(C)C)S(=O)(=O)c1cc(CCl)oc1C. The minimum atomic E-state index is -3.59. The van der Waals surface area contributed by atoms with Crippen LogP contribution in [0.4, 0.5) is 0 Å². The average molecular weight is 310 g/mol. The van der Waals surface area contributed by atoms with E-state index in [1.807, 2.05) is 13.8 Å². The standard InChI is InChI=1S/C12H20ClNO4S/c1-9(2)14(5-6-17-4)19(15,16)12-7-11(8-13)18-10(12)3/h7,9H,5-6,8H2,1-4H3. The van der Waals surface area contributed by atoms with Crippen LogP contribution >= 0.6 is 11.6 Å². The molecule has 5 nitrogen and oxygen atoms in total. The van der Waals surface area contributed by atoms with Crippen molar-refractivity contribution in [2.45, 2.75) is 37.6 Å². The molecule has 0 bridgehead atoms. The third-order valence-electron chi connectivity index (χ3n) is 2.73. The Morgan fingerprint density at radius 3 is 2.53 bits per heavy atom. The van der Waals surface area contributed by atoms with Crippen LogP contribution in [0.15, 0.2) is 15.4 Å². The molecule has 0 radical (unpaired) electrons. The zero-order chi connectivity index (χ0) is 14.6. The van der Waals surface area contributed by atoms with E-state index in [-0.39, 0.29) is 16.8 Å². The third-order valence-corrected chi connectivity index (χ3v) is 5.18. The van der Waals surface area contributed by atoms with Gasteiger partial charge < -0.3 is 9.15 Å². The fourth-order valence-corrected chi connectivity index (χ4v) is 3.75. The van der Waals surface area contributed by atoms with Crippen LogP contribution in [0.5, 0.6) is 0 Å². The Morgan fingerprint density at radius 2 is 2.11 bits per heavy atom. The molecule has 1 aromatic rings. The highest BCUT2D eigenvalue weighted by Gasteiger charge is 2.30. The Labute approximate surface area is 119 Å². The van der Waals surface area contributed by atoms with Gasteiger partial charge in [0.15, 0.2) is 0 Å². The topological polar surface area (TPSA) is 59.8 Å². The Hall–Kier alpha value is -0.560. The van der Waals surface area contributed by atoms with Crippen LogP contribution < -0.4 is 0 Å². The number of aryl methyl sites for hydroxylation is 1. The lowest BCUT2D eigenvalue weighted by molar-refractivity contribution is 0.171. The number of nitrogens with zero attached hydrogens (tertiary/aromatic N) is 1. The van der Waals surface area contributed by atoms with E-state index in [0.29, 0.717) is 24.7 Å². The first kappa shape index (κ1) is 16.5. The molecular weight excluding hydrogens is 290 g/mol. The summed E-state index contributed by atoms with van der Waals surface area (Å²) in [5.74, 6) is 0.961. The molecule has 0 atom stereocenters. The van der Waals surface area contributed by atoms with Gasteiger partial charge >= 0.3 is 0 Å². The zero-order valence-corrected chi connectivity index (χ0v) is 13.2. The Kier molecular flexibility index (Phi) is 5.85. The van der Waals surface area contributed by atoms with Crippen molar-refractivity contribution < 1.29 is 17.6 Å². The van der Waals surface area contributed by atoms with Crippen molar-refractivity contribution in [1.29, 1.82) is 0 Å². The van der Waals surface area contributed by atoms with Gasteiger partial charge in [0.2, 0.25) is 10.0 Å². The molecule has 0 aromatic carbocycles. The Bertz CT molecular complexity index is 510. The van der Waals surface area contributed by atoms with E-state index in [1.165, 1.54) is 10.4 Å². The number of alkyl halides is 1. The van der Waals surface area contributed by atoms with Gasteiger partial charge in [-0.1, -0.05) is 0 Å². The second-order valence-electron chi connectivity index (χ2n) is 4.47. The molecule has 19 heavy (non-hydrogen) atoms. The first-order valence-corrected chi connectivity index (χ1v) is 7.98. The largest absolute Gasteiger partial charge is 0.464 e. The molecule has 0 aliphatic rings. The highest BCUT2D eigenvalue weighted by Crippen LogP contribution is 2.25. The third kappa shape index (κ3) is 3.72. The number of hydrogen-bond donors (Lipinski definition) is 0. The van der Waals surface area contributed by atoms with E-state index in [1.54, 1.807) is 14.0 Å². The first-order valence-electron chi connectivity index (χ1n) is 6.00. The molecular formula is C12H20ClNO4S. The fourth-order valence-electron chi connectivity index (χ4n) is 1.81. The predicted octanol–water partition coefficient (Wildman–Crippen LogP) is 2.37. The van der Waals surface area contributed by atoms with Gasteiger partial charge in [0.1, 0.15) is 16.4 Å². The maximum absolute atomic E-state index is 12.6. The van der Waals surface area contributed by atoms with E-state index >= 15 is 0 Å². The maximum Gasteiger partial charge on any atom is 0.246 e. The van der Waals surface area contributed by atoms with Gasteiger partial charge in [-0.15, -0.1) is 11.6 Å². The van der Waals surface area contributed by atoms with E-state index < -0.39 is 10.0 Å².